The maximum absolute atomic E-state index is 11.3. The molecule has 20 heavy (non-hydrogen) atoms. The first-order valence-electron chi connectivity index (χ1n) is 7.20. The number of carbonyl (C=O) groups is 1. The molecule has 0 amide bonds. The van der Waals surface area contributed by atoms with Gasteiger partial charge in [-0.1, -0.05) is 37.6 Å². The zero-order valence-electron chi connectivity index (χ0n) is 12.7. The zero-order chi connectivity index (χ0) is 14.7. The molecule has 0 aliphatic heterocycles. The Balaban J connectivity index is 2.45. The Morgan fingerprint density at radius 3 is 2.55 bits per heavy atom. The van der Waals surface area contributed by atoms with E-state index in [2.05, 4.69) is 44.1 Å². The molecule has 3 nitrogen and oxygen atoms in total. The summed E-state index contributed by atoms with van der Waals surface area (Å²) in [4.78, 5) is 11.3. The lowest BCUT2D eigenvalue weighted by Gasteiger charge is -2.10. The monoisotopic (exact) mass is 270 g/mol. The van der Waals surface area contributed by atoms with Gasteiger partial charge in [-0.05, 0) is 37.8 Å². The third-order valence-electron chi connectivity index (χ3n) is 3.79. The number of aromatic nitrogens is 2. The summed E-state index contributed by atoms with van der Waals surface area (Å²) in [6.45, 7) is 9.06. The van der Waals surface area contributed by atoms with Crippen molar-refractivity contribution in [2.75, 3.05) is 0 Å². The molecule has 0 saturated carbocycles. The molecule has 1 aromatic heterocycles. The van der Waals surface area contributed by atoms with Gasteiger partial charge in [-0.3, -0.25) is 9.48 Å². The maximum Gasteiger partial charge on any atom is 0.153 e. The summed E-state index contributed by atoms with van der Waals surface area (Å²) in [5.41, 5.74) is 6.50. The van der Waals surface area contributed by atoms with Gasteiger partial charge < -0.3 is 0 Å². The zero-order valence-corrected chi connectivity index (χ0v) is 12.7. The lowest BCUT2D eigenvalue weighted by Crippen LogP contribution is -2.08. The van der Waals surface area contributed by atoms with Crippen molar-refractivity contribution < 1.29 is 4.79 Å². The Hall–Kier alpha value is -1.90. The average molecular weight is 270 g/mol. The third-order valence-corrected chi connectivity index (χ3v) is 3.79. The number of carbonyl (C=O) groups excluding carboxylic acids is 1. The molecule has 0 radical (unpaired) electrons. The first-order chi connectivity index (χ1) is 9.60. The van der Waals surface area contributed by atoms with Gasteiger partial charge in [0, 0.05) is 5.69 Å². The van der Waals surface area contributed by atoms with Gasteiger partial charge in [-0.2, -0.15) is 5.10 Å². The van der Waals surface area contributed by atoms with E-state index in [9.17, 15) is 4.79 Å². The molecule has 1 aromatic carbocycles. The molecule has 106 valence electrons. The highest BCUT2D eigenvalue weighted by atomic mass is 16.1. The van der Waals surface area contributed by atoms with Gasteiger partial charge in [0.2, 0.25) is 0 Å². The molecule has 2 aromatic rings. The Labute approximate surface area is 120 Å². The van der Waals surface area contributed by atoms with Crippen LogP contribution in [0.4, 0.5) is 0 Å². The fourth-order valence-corrected chi connectivity index (χ4v) is 2.60. The normalized spacial score (nSPS) is 10.8. The standard InChI is InChI=1S/C17H22N2O/c1-5-16-15(11-20)17(6-2)19(18-16)10-14-9-12(3)7-8-13(14)4/h7-9,11H,5-6,10H2,1-4H3. The maximum atomic E-state index is 11.3. The van der Waals surface area contributed by atoms with E-state index in [1.54, 1.807) is 0 Å². The van der Waals surface area contributed by atoms with Crippen molar-refractivity contribution >= 4 is 6.29 Å². The second-order valence-electron chi connectivity index (χ2n) is 5.22. The highest BCUT2D eigenvalue weighted by Gasteiger charge is 2.15. The van der Waals surface area contributed by atoms with Gasteiger partial charge in [0.05, 0.1) is 17.8 Å². The van der Waals surface area contributed by atoms with Crippen LogP contribution in [0.2, 0.25) is 0 Å². The molecule has 0 unspecified atom stereocenters. The van der Waals surface area contributed by atoms with Crippen molar-refractivity contribution in [3.05, 3.63) is 51.8 Å². The van der Waals surface area contributed by atoms with Crippen molar-refractivity contribution in [3.8, 4) is 0 Å². The molecule has 0 bridgehead atoms. The Morgan fingerprint density at radius 1 is 1.20 bits per heavy atom. The van der Waals surface area contributed by atoms with Crippen LogP contribution in [0.15, 0.2) is 18.2 Å². The number of aldehydes is 1. The van der Waals surface area contributed by atoms with Gasteiger partial charge in [-0.25, -0.2) is 0 Å². The molecular formula is C17H22N2O. The van der Waals surface area contributed by atoms with Crippen LogP contribution in [0.5, 0.6) is 0 Å². The second-order valence-corrected chi connectivity index (χ2v) is 5.22. The minimum atomic E-state index is 0.734. The molecule has 0 fully saturated rings. The van der Waals surface area contributed by atoms with Crippen molar-refractivity contribution in [2.45, 2.75) is 47.1 Å². The average Bonchev–Trinajstić information content (AvgIpc) is 2.79. The fourth-order valence-electron chi connectivity index (χ4n) is 2.60. The summed E-state index contributed by atoms with van der Waals surface area (Å²) >= 11 is 0. The number of rotatable bonds is 5. The third kappa shape index (κ3) is 2.67. The second kappa shape index (κ2) is 6.04. The molecule has 0 spiro atoms. The van der Waals surface area contributed by atoms with E-state index in [0.717, 1.165) is 42.6 Å². The van der Waals surface area contributed by atoms with Crippen molar-refractivity contribution in [1.29, 1.82) is 0 Å². The molecule has 0 aliphatic carbocycles. The van der Waals surface area contributed by atoms with E-state index < -0.39 is 0 Å². The predicted molar refractivity (Wildman–Crippen MR) is 81.4 cm³/mol. The number of benzene rings is 1. The van der Waals surface area contributed by atoms with Crippen LogP contribution in [0.3, 0.4) is 0 Å². The minimum Gasteiger partial charge on any atom is -0.298 e. The molecule has 0 saturated heterocycles. The quantitative estimate of drug-likeness (QED) is 0.780. The highest BCUT2D eigenvalue weighted by molar-refractivity contribution is 5.78. The van der Waals surface area contributed by atoms with Crippen LogP contribution in [-0.2, 0) is 19.4 Å². The molecule has 2 rings (SSSR count). The summed E-state index contributed by atoms with van der Waals surface area (Å²) in [6, 6.07) is 6.46. The molecule has 0 N–H and O–H groups in total. The first kappa shape index (κ1) is 14.5. The molecule has 0 atom stereocenters. The summed E-state index contributed by atoms with van der Waals surface area (Å²) in [5, 5.41) is 4.62. The van der Waals surface area contributed by atoms with Crippen LogP contribution in [0.1, 0.15) is 52.3 Å². The number of nitrogens with zero attached hydrogens (tertiary/aromatic N) is 2. The van der Waals surface area contributed by atoms with E-state index in [0.29, 0.717) is 0 Å². The summed E-state index contributed by atoms with van der Waals surface area (Å²) in [7, 11) is 0. The molecule has 1 heterocycles. The number of hydrogen-bond donors (Lipinski definition) is 0. The van der Waals surface area contributed by atoms with Gasteiger partial charge in [-0.15, -0.1) is 0 Å². The lowest BCUT2D eigenvalue weighted by molar-refractivity contribution is 0.112. The van der Waals surface area contributed by atoms with Gasteiger partial charge in [0.1, 0.15) is 0 Å². The van der Waals surface area contributed by atoms with Gasteiger partial charge >= 0.3 is 0 Å². The van der Waals surface area contributed by atoms with E-state index in [1.807, 2.05) is 11.6 Å². The summed E-state index contributed by atoms with van der Waals surface area (Å²) in [5.74, 6) is 0. The van der Waals surface area contributed by atoms with E-state index in [1.165, 1.54) is 16.7 Å². The van der Waals surface area contributed by atoms with Gasteiger partial charge in [0.25, 0.3) is 0 Å². The first-order valence-corrected chi connectivity index (χ1v) is 7.20. The number of hydrogen-bond acceptors (Lipinski definition) is 2. The van der Waals surface area contributed by atoms with Crippen LogP contribution in [0.25, 0.3) is 0 Å². The van der Waals surface area contributed by atoms with E-state index >= 15 is 0 Å². The largest absolute Gasteiger partial charge is 0.298 e. The van der Waals surface area contributed by atoms with Crippen LogP contribution < -0.4 is 0 Å². The predicted octanol–water partition coefficient (Wildman–Crippen LogP) is 3.49. The van der Waals surface area contributed by atoms with E-state index in [-0.39, 0.29) is 0 Å². The van der Waals surface area contributed by atoms with Crippen LogP contribution >= 0.6 is 0 Å². The molecular weight excluding hydrogens is 248 g/mol. The van der Waals surface area contributed by atoms with Gasteiger partial charge in [0.15, 0.2) is 6.29 Å². The van der Waals surface area contributed by atoms with Crippen molar-refractivity contribution in [1.82, 2.24) is 9.78 Å². The summed E-state index contributed by atoms with van der Waals surface area (Å²) in [6.07, 6.45) is 2.57. The van der Waals surface area contributed by atoms with Crippen molar-refractivity contribution in [2.24, 2.45) is 0 Å². The summed E-state index contributed by atoms with van der Waals surface area (Å²) < 4.78 is 1.99. The van der Waals surface area contributed by atoms with Crippen LogP contribution in [-0.4, -0.2) is 16.1 Å². The van der Waals surface area contributed by atoms with Crippen LogP contribution in [0, 0.1) is 13.8 Å². The smallest absolute Gasteiger partial charge is 0.153 e. The topological polar surface area (TPSA) is 34.9 Å². The lowest BCUT2D eigenvalue weighted by atomic mass is 10.1. The molecule has 3 heteroatoms. The molecule has 0 aliphatic rings. The Morgan fingerprint density at radius 2 is 1.95 bits per heavy atom. The Bertz CT molecular complexity index is 626. The fraction of sp³-hybridized carbons (Fsp3) is 0.412. The highest BCUT2D eigenvalue weighted by Crippen LogP contribution is 2.18. The SMILES string of the molecule is CCc1nn(Cc2cc(C)ccc2C)c(CC)c1C=O. The van der Waals surface area contributed by atoms with E-state index in [4.69, 9.17) is 0 Å². The Kier molecular flexibility index (Phi) is 4.38. The minimum absolute atomic E-state index is 0.734. The number of aryl methyl sites for hydroxylation is 3. The van der Waals surface area contributed by atoms with Crippen molar-refractivity contribution in [3.63, 3.8) is 0 Å².